The van der Waals surface area contributed by atoms with Gasteiger partial charge in [0.2, 0.25) is 5.91 Å². The number of amides is 2. The maximum atomic E-state index is 12.4. The zero-order valence-electron chi connectivity index (χ0n) is 14.1. The van der Waals surface area contributed by atoms with Crippen LogP contribution in [0.5, 0.6) is 0 Å². The van der Waals surface area contributed by atoms with Crippen molar-refractivity contribution in [3.8, 4) is 6.07 Å². The van der Waals surface area contributed by atoms with Crippen molar-refractivity contribution in [2.45, 2.75) is 19.0 Å². The summed E-state index contributed by atoms with van der Waals surface area (Å²) in [6.07, 6.45) is 1.81. The number of pyridine rings is 1. The Kier molecular flexibility index (Phi) is 5.44. The Labute approximate surface area is 151 Å². The summed E-state index contributed by atoms with van der Waals surface area (Å²) in [6, 6.07) is 13.9. The van der Waals surface area contributed by atoms with E-state index in [9.17, 15) is 9.59 Å². The zero-order chi connectivity index (χ0) is 18.4. The van der Waals surface area contributed by atoms with Crippen molar-refractivity contribution in [2.75, 3.05) is 13.2 Å². The number of carbonyl (C=O) groups is 2. The number of hydrogen-bond donors (Lipinski definition) is 1. The van der Waals surface area contributed by atoms with Gasteiger partial charge in [0.25, 0.3) is 0 Å². The predicted octanol–water partition coefficient (Wildman–Crippen LogP) is 1.63. The second-order valence-corrected chi connectivity index (χ2v) is 5.89. The van der Waals surface area contributed by atoms with Crippen LogP contribution in [0, 0.1) is 11.3 Å². The van der Waals surface area contributed by atoms with Gasteiger partial charge in [-0.15, -0.1) is 0 Å². The number of carbonyl (C=O) groups excluding carboxylic acids is 2. The van der Waals surface area contributed by atoms with Crippen molar-refractivity contribution in [3.63, 3.8) is 0 Å². The van der Waals surface area contributed by atoms with Crippen molar-refractivity contribution in [3.05, 3.63) is 65.5 Å². The van der Waals surface area contributed by atoms with Crippen molar-refractivity contribution in [1.29, 1.82) is 5.26 Å². The maximum Gasteiger partial charge on any atom is 0.410 e. The first-order valence-electron chi connectivity index (χ1n) is 8.27. The van der Waals surface area contributed by atoms with Gasteiger partial charge in [-0.1, -0.05) is 18.2 Å². The van der Waals surface area contributed by atoms with Crippen molar-refractivity contribution < 1.29 is 14.3 Å². The fourth-order valence-electron chi connectivity index (χ4n) is 2.70. The summed E-state index contributed by atoms with van der Waals surface area (Å²) < 4.78 is 5.04. The molecule has 2 amide bonds. The quantitative estimate of drug-likeness (QED) is 0.854. The summed E-state index contributed by atoms with van der Waals surface area (Å²) in [7, 11) is 0. The Morgan fingerprint density at radius 1 is 1.31 bits per heavy atom. The first-order valence-corrected chi connectivity index (χ1v) is 8.27. The van der Waals surface area contributed by atoms with E-state index in [0.717, 1.165) is 11.3 Å². The molecule has 0 spiro atoms. The maximum absolute atomic E-state index is 12.4. The van der Waals surface area contributed by atoms with Crippen LogP contribution in [-0.2, 0) is 22.5 Å². The van der Waals surface area contributed by atoms with Crippen LogP contribution in [0.3, 0.4) is 0 Å². The number of rotatable bonds is 6. The molecule has 0 saturated carbocycles. The van der Waals surface area contributed by atoms with E-state index >= 15 is 0 Å². The normalized spacial score (nSPS) is 16.0. The molecule has 1 saturated heterocycles. The highest BCUT2D eigenvalue weighted by Crippen LogP contribution is 2.17. The van der Waals surface area contributed by atoms with Crippen LogP contribution >= 0.6 is 0 Å². The monoisotopic (exact) mass is 350 g/mol. The average Bonchev–Trinajstić information content (AvgIpc) is 3.04. The van der Waals surface area contributed by atoms with Gasteiger partial charge in [0.05, 0.1) is 18.2 Å². The standard InChI is InChI=1S/C19H18N4O3/c20-11-14-4-6-15(7-5-14)12-23-17(13-26-19(23)25)18(24)22-10-8-16-3-1-2-9-21-16/h1-7,9,17H,8,10,12-13H2,(H,22,24)/t17-/m0/s1. The van der Waals surface area contributed by atoms with E-state index in [1.54, 1.807) is 30.5 Å². The second-order valence-electron chi connectivity index (χ2n) is 5.89. The van der Waals surface area contributed by atoms with Crippen LogP contribution in [0.15, 0.2) is 48.7 Å². The molecule has 2 heterocycles. The molecule has 1 aromatic carbocycles. The number of cyclic esters (lactones) is 1. The molecular weight excluding hydrogens is 332 g/mol. The number of ether oxygens (including phenoxy) is 1. The molecule has 1 N–H and O–H groups in total. The second kappa shape index (κ2) is 8.12. The molecule has 2 aromatic rings. The first-order chi connectivity index (χ1) is 12.7. The van der Waals surface area contributed by atoms with Gasteiger partial charge in [0.15, 0.2) is 0 Å². The van der Waals surface area contributed by atoms with Gasteiger partial charge in [-0.2, -0.15) is 5.26 Å². The fourth-order valence-corrected chi connectivity index (χ4v) is 2.70. The van der Waals surface area contributed by atoms with Gasteiger partial charge in [-0.25, -0.2) is 4.79 Å². The molecule has 1 aliphatic rings. The van der Waals surface area contributed by atoms with Gasteiger partial charge >= 0.3 is 6.09 Å². The highest BCUT2D eigenvalue weighted by molar-refractivity contribution is 5.87. The number of nitrogens with zero attached hydrogens (tertiary/aromatic N) is 3. The van der Waals surface area contributed by atoms with Crippen LogP contribution in [0.2, 0.25) is 0 Å². The van der Waals surface area contributed by atoms with E-state index in [-0.39, 0.29) is 19.1 Å². The van der Waals surface area contributed by atoms with E-state index in [4.69, 9.17) is 10.00 Å². The van der Waals surface area contributed by atoms with Crippen LogP contribution < -0.4 is 5.32 Å². The molecule has 0 bridgehead atoms. The van der Waals surface area contributed by atoms with E-state index in [1.165, 1.54) is 4.90 Å². The number of benzene rings is 1. The predicted molar refractivity (Wildman–Crippen MR) is 92.8 cm³/mol. The zero-order valence-corrected chi connectivity index (χ0v) is 14.1. The van der Waals surface area contributed by atoms with Crippen LogP contribution in [0.25, 0.3) is 0 Å². The van der Waals surface area contributed by atoms with Gasteiger partial charge in [-0.3, -0.25) is 14.7 Å². The Bertz CT molecular complexity index is 815. The highest BCUT2D eigenvalue weighted by atomic mass is 16.6. The molecule has 1 atom stereocenters. The molecule has 1 aromatic heterocycles. The highest BCUT2D eigenvalue weighted by Gasteiger charge is 2.37. The summed E-state index contributed by atoms with van der Waals surface area (Å²) in [5, 5.41) is 11.7. The van der Waals surface area contributed by atoms with E-state index in [1.807, 2.05) is 24.3 Å². The fraction of sp³-hybridized carbons (Fsp3) is 0.263. The summed E-state index contributed by atoms with van der Waals surface area (Å²) in [5.74, 6) is -0.250. The lowest BCUT2D eigenvalue weighted by Gasteiger charge is -2.20. The minimum absolute atomic E-state index is 0.0323. The van der Waals surface area contributed by atoms with E-state index in [2.05, 4.69) is 10.3 Å². The SMILES string of the molecule is N#Cc1ccc(CN2C(=O)OC[C@H]2C(=O)NCCc2ccccn2)cc1. The molecule has 1 aliphatic heterocycles. The first kappa shape index (κ1) is 17.4. The third kappa shape index (κ3) is 4.16. The molecular formula is C19H18N4O3. The Morgan fingerprint density at radius 3 is 2.81 bits per heavy atom. The summed E-state index contributed by atoms with van der Waals surface area (Å²) >= 11 is 0. The van der Waals surface area contributed by atoms with Crippen molar-refractivity contribution >= 4 is 12.0 Å². The largest absolute Gasteiger partial charge is 0.447 e. The molecule has 3 rings (SSSR count). The van der Waals surface area contributed by atoms with Gasteiger partial charge in [0.1, 0.15) is 12.6 Å². The molecule has 0 radical (unpaired) electrons. The molecule has 0 unspecified atom stereocenters. The van der Waals surface area contributed by atoms with E-state index in [0.29, 0.717) is 18.5 Å². The number of nitrogens with one attached hydrogen (secondary N) is 1. The van der Waals surface area contributed by atoms with Crippen LogP contribution in [0.1, 0.15) is 16.8 Å². The topological polar surface area (TPSA) is 95.3 Å². The number of hydrogen-bond acceptors (Lipinski definition) is 5. The lowest BCUT2D eigenvalue weighted by molar-refractivity contribution is -0.124. The number of aromatic nitrogens is 1. The van der Waals surface area contributed by atoms with Gasteiger partial charge < -0.3 is 10.1 Å². The molecule has 0 aliphatic carbocycles. The Balaban J connectivity index is 1.57. The lowest BCUT2D eigenvalue weighted by Crippen LogP contribution is -2.45. The van der Waals surface area contributed by atoms with Crippen LogP contribution in [-0.4, -0.2) is 41.1 Å². The van der Waals surface area contributed by atoms with Gasteiger partial charge in [-0.05, 0) is 29.8 Å². The third-order valence-corrected chi connectivity index (χ3v) is 4.12. The Morgan fingerprint density at radius 2 is 2.12 bits per heavy atom. The van der Waals surface area contributed by atoms with Crippen molar-refractivity contribution in [2.24, 2.45) is 0 Å². The van der Waals surface area contributed by atoms with Gasteiger partial charge in [0, 0.05) is 24.9 Å². The van der Waals surface area contributed by atoms with E-state index < -0.39 is 12.1 Å². The van der Waals surface area contributed by atoms with Crippen LogP contribution in [0.4, 0.5) is 4.79 Å². The number of nitriles is 1. The molecule has 132 valence electrons. The Hall–Kier alpha value is -3.40. The molecule has 1 fully saturated rings. The summed E-state index contributed by atoms with van der Waals surface area (Å²) in [4.78, 5) is 30.0. The molecule has 26 heavy (non-hydrogen) atoms. The minimum atomic E-state index is -0.665. The summed E-state index contributed by atoms with van der Waals surface area (Å²) in [5.41, 5.74) is 2.26. The lowest BCUT2D eigenvalue weighted by atomic mass is 10.1. The third-order valence-electron chi connectivity index (χ3n) is 4.12. The smallest absolute Gasteiger partial charge is 0.410 e. The molecule has 7 nitrogen and oxygen atoms in total. The average molecular weight is 350 g/mol. The summed E-state index contributed by atoms with van der Waals surface area (Å²) in [6.45, 7) is 0.721. The minimum Gasteiger partial charge on any atom is -0.447 e. The van der Waals surface area contributed by atoms with Crippen molar-refractivity contribution in [1.82, 2.24) is 15.2 Å². The molecule has 7 heteroatoms.